The second-order valence-electron chi connectivity index (χ2n) is 5.89. The normalized spacial score (nSPS) is 19.1. The monoisotopic (exact) mass is 271 g/mol. The molecule has 0 unspecified atom stereocenters. The predicted molar refractivity (Wildman–Crippen MR) is 78.7 cm³/mol. The Hall–Kier alpha value is -1.65. The Morgan fingerprint density at radius 2 is 1.90 bits per heavy atom. The molecule has 3 rings (SSSR count). The van der Waals surface area contributed by atoms with Gasteiger partial charge < -0.3 is 5.11 Å². The van der Waals surface area contributed by atoms with Crippen molar-refractivity contribution in [2.24, 2.45) is 0 Å². The fraction of sp³-hybridized carbons (Fsp3) is 0.438. The van der Waals surface area contributed by atoms with Crippen LogP contribution in [0.1, 0.15) is 25.3 Å². The zero-order chi connectivity index (χ0) is 14.0. The number of hydrogen-bond acceptors (Lipinski definition) is 3. The van der Waals surface area contributed by atoms with E-state index in [0.29, 0.717) is 0 Å². The van der Waals surface area contributed by atoms with Crippen LogP contribution in [0.3, 0.4) is 0 Å². The minimum absolute atomic E-state index is 0.472. The molecule has 1 aromatic heterocycles. The van der Waals surface area contributed by atoms with Crippen LogP contribution >= 0.6 is 0 Å². The van der Waals surface area contributed by atoms with Gasteiger partial charge in [0.25, 0.3) is 0 Å². The molecule has 0 amide bonds. The zero-order valence-corrected chi connectivity index (χ0v) is 11.9. The van der Waals surface area contributed by atoms with Gasteiger partial charge in [-0.2, -0.15) is 5.10 Å². The molecule has 2 heterocycles. The van der Waals surface area contributed by atoms with E-state index >= 15 is 0 Å². The lowest BCUT2D eigenvalue weighted by atomic mass is 9.93. The minimum Gasteiger partial charge on any atom is -0.390 e. The van der Waals surface area contributed by atoms with Gasteiger partial charge in [-0.3, -0.25) is 4.90 Å². The van der Waals surface area contributed by atoms with Crippen LogP contribution in [0.2, 0.25) is 0 Å². The van der Waals surface area contributed by atoms with Crippen molar-refractivity contribution in [3.8, 4) is 5.69 Å². The molecule has 0 atom stereocenters. The Bertz CT molecular complexity index is 536. The predicted octanol–water partition coefficient (Wildman–Crippen LogP) is 2.22. The first-order valence-corrected chi connectivity index (χ1v) is 7.16. The molecule has 0 bridgehead atoms. The van der Waals surface area contributed by atoms with Gasteiger partial charge in [-0.25, -0.2) is 4.68 Å². The lowest BCUT2D eigenvalue weighted by Gasteiger charge is -2.35. The molecule has 1 aliphatic rings. The van der Waals surface area contributed by atoms with E-state index in [0.717, 1.165) is 38.2 Å². The summed E-state index contributed by atoms with van der Waals surface area (Å²) in [6.45, 7) is 4.82. The molecule has 4 nitrogen and oxygen atoms in total. The smallest absolute Gasteiger partial charge is 0.0645 e. The van der Waals surface area contributed by atoms with Crippen molar-refractivity contribution in [2.45, 2.75) is 31.9 Å². The van der Waals surface area contributed by atoms with E-state index in [1.807, 2.05) is 23.9 Å². The average Bonchev–Trinajstić information content (AvgIpc) is 2.96. The van der Waals surface area contributed by atoms with Crippen LogP contribution in [0.5, 0.6) is 0 Å². The van der Waals surface area contributed by atoms with Gasteiger partial charge in [0.05, 0.1) is 11.3 Å². The second-order valence-corrected chi connectivity index (χ2v) is 5.89. The largest absolute Gasteiger partial charge is 0.390 e. The van der Waals surface area contributed by atoms with Crippen LogP contribution in [-0.4, -0.2) is 38.5 Å². The zero-order valence-electron chi connectivity index (χ0n) is 11.9. The lowest BCUT2D eigenvalue weighted by molar-refractivity contribution is -0.00729. The molecule has 0 spiro atoms. The highest BCUT2D eigenvalue weighted by atomic mass is 16.3. The van der Waals surface area contributed by atoms with E-state index < -0.39 is 5.60 Å². The van der Waals surface area contributed by atoms with E-state index in [1.54, 1.807) is 6.20 Å². The average molecular weight is 271 g/mol. The molecule has 4 heteroatoms. The van der Waals surface area contributed by atoms with E-state index in [9.17, 15) is 5.11 Å². The second kappa shape index (κ2) is 5.38. The van der Waals surface area contributed by atoms with Crippen molar-refractivity contribution in [2.75, 3.05) is 13.1 Å². The summed E-state index contributed by atoms with van der Waals surface area (Å²) in [6, 6.07) is 10.4. The van der Waals surface area contributed by atoms with Crippen LogP contribution in [0.25, 0.3) is 5.69 Å². The van der Waals surface area contributed by atoms with Gasteiger partial charge in [-0.1, -0.05) is 12.1 Å². The highest BCUT2D eigenvalue weighted by Crippen LogP contribution is 2.22. The fourth-order valence-electron chi connectivity index (χ4n) is 2.63. The van der Waals surface area contributed by atoms with Gasteiger partial charge in [-0.15, -0.1) is 0 Å². The van der Waals surface area contributed by atoms with Crippen molar-refractivity contribution in [3.05, 3.63) is 48.3 Å². The van der Waals surface area contributed by atoms with Crippen LogP contribution < -0.4 is 0 Å². The Labute approximate surface area is 119 Å². The Kier molecular flexibility index (Phi) is 3.59. The van der Waals surface area contributed by atoms with Gasteiger partial charge in [0, 0.05) is 32.0 Å². The Morgan fingerprint density at radius 1 is 1.20 bits per heavy atom. The van der Waals surface area contributed by atoms with Crippen molar-refractivity contribution in [1.29, 1.82) is 0 Å². The molecular formula is C16H21N3O. The van der Waals surface area contributed by atoms with Gasteiger partial charge in [0.1, 0.15) is 0 Å². The molecule has 1 aliphatic heterocycles. The number of nitrogens with zero attached hydrogens (tertiary/aromatic N) is 3. The van der Waals surface area contributed by atoms with E-state index in [1.165, 1.54) is 5.56 Å². The summed E-state index contributed by atoms with van der Waals surface area (Å²) < 4.78 is 1.86. The summed E-state index contributed by atoms with van der Waals surface area (Å²) in [7, 11) is 0. The molecule has 1 saturated heterocycles. The molecule has 0 radical (unpaired) electrons. The summed E-state index contributed by atoms with van der Waals surface area (Å²) in [5, 5.41) is 14.2. The van der Waals surface area contributed by atoms with E-state index in [-0.39, 0.29) is 0 Å². The highest BCUT2D eigenvalue weighted by molar-refractivity contribution is 5.33. The summed E-state index contributed by atoms with van der Waals surface area (Å²) in [6.07, 6.45) is 5.45. The van der Waals surface area contributed by atoms with Crippen molar-refractivity contribution >= 4 is 0 Å². The van der Waals surface area contributed by atoms with Crippen LogP contribution in [0.15, 0.2) is 42.7 Å². The first-order valence-electron chi connectivity index (χ1n) is 7.16. The molecule has 1 aromatic carbocycles. The first kappa shape index (κ1) is 13.3. The van der Waals surface area contributed by atoms with Crippen molar-refractivity contribution in [1.82, 2.24) is 14.7 Å². The lowest BCUT2D eigenvalue weighted by Crippen LogP contribution is -2.41. The van der Waals surface area contributed by atoms with Gasteiger partial charge >= 0.3 is 0 Å². The number of likely N-dealkylation sites (tertiary alicyclic amines) is 1. The summed E-state index contributed by atoms with van der Waals surface area (Å²) in [5.41, 5.74) is 1.92. The summed E-state index contributed by atoms with van der Waals surface area (Å²) in [5.74, 6) is 0. The third-order valence-electron chi connectivity index (χ3n) is 4.04. The molecular weight excluding hydrogens is 250 g/mol. The highest BCUT2D eigenvalue weighted by Gasteiger charge is 2.26. The Balaban J connectivity index is 1.61. The molecule has 1 N–H and O–H groups in total. The first-order chi connectivity index (χ1) is 9.62. The van der Waals surface area contributed by atoms with Crippen LogP contribution in [-0.2, 0) is 6.54 Å². The van der Waals surface area contributed by atoms with Gasteiger partial charge in [-0.05, 0) is 43.5 Å². The quantitative estimate of drug-likeness (QED) is 0.930. The SMILES string of the molecule is CC1(O)CCN(Cc2ccc(-n3cccn3)cc2)CC1. The van der Waals surface area contributed by atoms with Crippen molar-refractivity contribution in [3.63, 3.8) is 0 Å². The third kappa shape index (κ3) is 3.08. The van der Waals surface area contributed by atoms with Crippen LogP contribution in [0.4, 0.5) is 0 Å². The standard InChI is InChI=1S/C16H21N3O/c1-16(20)7-11-18(12-8-16)13-14-3-5-15(6-4-14)19-10-2-9-17-19/h2-6,9-10,20H,7-8,11-13H2,1H3. The summed E-state index contributed by atoms with van der Waals surface area (Å²) in [4.78, 5) is 2.40. The number of aromatic nitrogens is 2. The molecule has 1 fully saturated rings. The van der Waals surface area contributed by atoms with E-state index in [2.05, 4.69) is 34.3 Å². The summed E-state index contributed by atoms with van der Waals surface area (Å²) >= 11 is 0. The molecule has 2 aromatic rings. The minimum atomic E-state index is -0.472. The van der Waals surface area contributed by atoms with E-state index in [4.69, 9.17) is 0 Å². The molecule has 0 aliphatic carbocycles. The van der Waals surface area contributed by atoms with Crippen molar-refractivity contribution < 1.29 is 5.11 Å². The number of hydrogen-bond donors (Lipinski definition) is 1. The molecule has 0 saturated carbocycles. The maximum absolute atomic E-state index is 9.96. The number of piperidine rings is 1. The number of benzene rings is 1. The third-order valence-corrected chi connectivity index (χ3v) is 4.04. The van der Waals surface area contributed by atoms with Crippen LogP contribution in [0, 0.1) is 0 Å². The Morgan fingerprint density at radius 3 is 2.50 bits per heavy atom. The number of aliphatic hydroxyl groups is 1. The molecule has 20 heavy (non-hydrogen) atoms. The topological polar surface area (TPSA) is 41.3 Å². The number of rotatable bonds is 3. The molecule has 106 valence electrons. The maximum Gasteiger partial charge on any atom is 0.0645 e. The maximum atomic E-state index is 9.96. The van der Waals surface area contributed by atoms with Gasteiger partial charge in [0.15, 0.2) is 0 Å². The van der Waals surface area contributed by atoms with Gasteiger partial charge in [0.2, 0.25) is 0 Å². The fourth-order valence-corrected chi connectivity index (χ4v) is 2.63.